The normalized spacial score (nSPS) is 10.4. The SMILES string of the molecule is COc1ccc(CNC(=O)c2sc(-c3cccnc3)nc2Cl)cc1. The second-order valence-electron chi connectivity index (χ2n) is 4.91. The Kier molecular flexibility index (Phi) is 5.08. The lowest BCUT2D eigenvalue weighted by atomic mass is 10.2. The number of hydrogen-bond acceptors (Lipinski definition) is 5. The molecule has 0 saturated heterocycles. The monoisotopic (exact) mass is 359 g/mol. The summed E-state index contributed by atoms with van der Waals surface area (Å²) in [5, 5.41) is 3.72. The van der Waals surface area contributed by atoms with E-state index in [0.717, 1.165) is 16.9 Å². The minimum absolute atomic E-state index is 0.200. The third-order valence-corrected chi connectivity index (χ3v) is 4.80. The summed E-state index contributed by atoms with van der Waals surface area (Å²) < 4.78 is 5.11. The maximum absolute atomic E-state index is 12.3. The van der Waals surface area contributed by atoms with Gasteiger partial charge in [0.05, 0.1) is 7.11 Å². The van der Waals surface area contributed by atoms with Crippen LogP contribution in [0.25, 0.3) is 10.6 Å². The van der Waals surface area contributed by atoms with Crippen LogP contribution in [0.4, 0.5) is 0 Å². The average molecular weight is 360 g/mol. The van der Waals surface area contributed by atoms with E-state index in [1.807, 2.05) is 36.4 Å². The number of carbonyl (C=O) groups excluding carboxylic acids is 1. The van der Waals surface area contributed by atoms with Crippen LogP contribution in [0.2, 0.25) is 5.15 Å². The summed E-state index contributed by atoms with van der Waals surface area (Å²) >= 11 is 7.36. The van der Waals surface area contributed by atoms with Gasteiger partial charge < -0.3 is 10.1 Å². The van der Waals surface area contributed by atoms with Gasteiger partial charge in [-0.15, -0.1) is 11.3 Å². The summed E-state index contributed by atoms with van der Waals surface area (Å²) in [4.78, 5) is 21.0. The van der Waals surface area contributed by atoms with Crippen LogP contribution in [0.5, 0.6) is 5.75 Å². The van der Waals surface area contributed by atoms with Crippen molar-refractivity contribution in [1.82, 2.24) is 15.3 Å². The Bertz CT molecular complexity index is 835. The fraction of sp³-hybridized carbons (Fsp3) is 0.118. The highest BCUT2D eigenvalue weighted by atomic mass is 35.5. The van der Waals surface area contributed by atoms with Crippen LogP contribution in [0.1, 0.15) is 15.2 Å². The maximum atomic E-state index is 12.3. The molecule has 0 aliphatic heterocycles. The molecule has 24 heavy (non-hydrogen) atoms. The minimum atomic E-state index is -0.247. The highest BCUT2D eigenvalue weighted by Gasteiger charge is 2.17. The predicted octanol–water partition coefficient (Wildman–Crippen LogP) is 3.80. The average Bonchev–Trinajstić information content (AvgIpc) is 3.03. The van der Waals surface area contributed by atoms with Crippen LogP contribution in [-0.4, -0.2) is 23.0 Å². The van der Waals surface area contributed by atoms with Gasteiger partial charge >= 0.3 is 0 Å². The molecular weight excluding hydrogens is 346 g/mol. The van der Waals surface area contributed by atoms with Crippen LogP contribution in [0, 0.1) is 0 Å². The second kappa shape index (κ2) is 7.42. The number of rotatable bonds is 5. The van der Waals surface area contributed by atoms with E-state index in [1.165, 1.54) is 11.3 Å². The van der Waals surface area contributed by atoms with E-state index in [0.29, 0.717) is 16.4 Å². The summed E-state index contributed by atoms with van der Waals surface area (Å²) in [5.41, 5.74) is 1.80. The molecule has 0 aliphatic carbocycles. The molecule has 122 valence electrons. The van der Waals surface area contributed by atoms with Gasteiger partial charge in [-0.3, -0.25) is 9.78 Å². The molecule has 0 atom stereocenters. The Morgan fingerprint density at radius 3 is 2.75 bits per heavy atom. The first-order valence-corrected chi connectivity index (χ1v) is 8.34. The standard InChI is InChI=1S/C17H14ClN3O2S/c1-23-13-6-4-11(5-7-13)9-20-16(22)14-15(18)21-17(24-14)12-3-2-8-19-10-12/h2-8,10H,9H2,1H3,(H,20,22). The third kappa shape index (κ3) is 3.72. The van der Waals surface area contributed by atoms with Crippen LogP contribution in [0.3, 0.4) is 0 Å². The Balaban J connectivity index is 1.69. The highest BCUT2D eigenvalue weighted by molar-refractivity contribution is 7.17. The van der Waals surface area contributed by atoms with Gasteiger partial charge in [0.15, 0.2) is 5.15 Å². The molecule has 3 aromatic rings. The third-order valence-electron chi connectivity index (χ3n) is 3.31. The van der Waals surface area contributed by atoms with Crippen molar-refractivity contribution in [3.05, 3.63) is 64.4 Å². The number of ether oxygens (including phenoxy) is 1. The van der Waals surface area contributed by atoms with Crippen molar-refractivity contribution in [3.8, 4) is 16.3 Å². The number of hydrogen-bond donors (Lipinski definition) is 1. The Labute approximate surface area is 148 Å². The first kappa shape index (κ1) is 16.4. The van der Waals surface area contributed by atoms with Gasteiger partial charge in [0.1, 0.15) is 15.6 Å². The molecule has 0 radical (unpaired) electrons. The molecule has 2 aromatic heterocycles. The molecule has 1 aromatic carbocycles. The number of methoxy groups -OCH3 is 1. The number of benzene rings is 1. The fourth-order valence-corrected chi connectivity index (χ4v) is 3.26. The molecule has 5 nitrogen and oxygen atoms in total. The Morgan fingerprint density at radius 1 is 1.29 bits per heavy atom. The van der Waals surface area contributed by atoms with Gasteiger partial charge in [0.2, 0.25) is 0 Å². The van der Waals surface area contributed by atoms with Gasteiger partial charge in [-0.1, -0.05) is 23.7 Å². The van der Waals surface area contributed by atoms with E-state index in [1.54, 1.807) is 19.5 Å². The summed E-state index contributed by atoms with van der Waals surface area (Å²) in [6.07, 6.45) is 3.37. The van der Waals surface area contributed by atoms with Gasteiger partial charge in [0.25, 0.3) is 5.91 Å². The summed E-state index contributed by atoms with van der Waals surface area (Å²) in [7, 11) is 1.61. The van der Waals surface area contributed by atoms with Crippen LogP contribution >= 0.6 is 22.9 Å². The number of pyridine rings is 1. The van der Waals surface area contributed by atoms with Crippen LogP contribution < -0.4 is 10.1 Å². The molecule has 0 saturated carbocycles. The van der Waals surface area contributed by atoms with Gasteiger partial charge in [0, 0.05) is 24.5 Å². The number of carbonyl (C=O) groups is 1. The van der Waals surface area contributed by atoms with E-state index in [2.05, 4.69) is 15.3 Å². The Morgan fingerprint density at radius 2 is 2.08 bits per heavy atom. The topological polar surface area (TPSA) is 64.1 Å². The minimum Gasteiger partial charge on any atom is -0.497 e. The lowest BCUT2D eigenvalue weighted by Gasteiger charge is -2.05. The van der Waals surface area contributed by atoms with Crippen molar-refractivity contribution >= 4 is 28.8 Å². The number of halogens is 1. The molecule has 2 heterocycles. The van der Waals surface area contributed by atoms with Crippen molar-refractivity contribution in [1.29, 1.82) is 0 Å². The molecule has 7 heteroatoms. The van der Waals surface area contributed by atoms with Gasteiger partial charge in [-0.25, -0.2) is 4.98 Å². The number of nitrogens with zero attached hydrogens (tertiary/aromatic N) is 2. The van der Waals surface area contributed by atoms with Gasteiger partial charge in [-0.05, 0) is 29.8 Å². The zero-order valence-electron chi connectivity index (χ0n) is 12.8. The largest absolute Gasteiger partial charge is 0.497 e. The first-order valence-electron chi connectivity index (χ1n) is 7.15. The quantitative estimate of drug-likeness (QED) is 0.752. The van der Waals surface area contributed by atoms with E-state index in [-0.39, 0.29) is 11.1 Å². The zero-order valence-corrected chi connectivity index (χ0v) is 14.4. The van der Waals surface area contributed by atoms with Gasteiger partial charge in [-0.2, -0.15) is 0 Å². The summed E-state index contributed by atoms with van der Waals surface area (Å²) in [6, 6.07) is 11.2. The van der Waals surface area contributed by atoms with Crippen LogP contribution in [-0.2, 0) is 6.54 Å². The van der Waals surface area contributed by atoms with Crippen molar-refractivity contribution in [2.45, 2.75) is 6.54 Å². The van der Waals surface area contributed by atoms with Crippen molar-refractivity contribution in [3.63, 3.8) is 0 Å². The Hall–Kier alpha value is -2.44. The van der Waals surface area contributed by atoms with E-state index in [9.17, 15) is 4.79 Å². The van der Waals surface area contributed by atoms with E-state index in [4.69, 9.17) is 16.3 Å². The molecule has 1 N–H and O–H groups in total. The molecule has 0 aliphatic rings. The van der Waals surface area contributed by atoms with E-state index < -0.39 is 0 Å². The number of nitrogens with one attached hydrogen (secondary N) is 1. The summed E-state index contributed by atoms with van der Waals surface area (Å²) in [6.45, 7) is 0.402. The predicted molar refractivity (Wildman–Crippen MR) is 94.5 cm³/mol. The number of thiazole rings is 1. The maximum Gasteiger partial charge on any atom is 0.264 e. The second-order valence-corrected chi connectivity index (χ2v) is 6.27. The highest BCUT2D eigenvalue weighted by Crippen LogP contribution is 2.30. The molecule has 0 bridgehead atoms. The van der Waals surface area contributed by atoms with Crippen molar-refractivity contribution < 1.29 is 9.53 Å². The summed E-state index contributed by atoms with van der Waals surface area (Å²) in [5.74, 6) is 0.528. The fourth-order valence-electron chi connectivity index (χ4n) is 2.06. The smallest absolute Gasteiger partial charge is 0.264 e. The first-order chi connectivity index (χ1) is 11.7. The molecule has 0 spiro atoms. The zero-order chi connectivity index (χ0) is 16.9. The lowest BCUT2D eigenvalue weighted by Crippen LogP contribution is -2.22. The molecule has 0 unspecified atom stereocenters. The number of aromatic nitrogens is 2. The van der Waals surface area contributed by atoms with Crippen molar-refractivity contribution in [2.75, 3.05) is 7.11 Å². The molecule has 0 fully saturated rings. The van der Waals surface area contributed by atoms with E-state index >= 15 is 0 Å². The van der Waals surface area contributed by atoms with Crippen molar-refractivity contribution in [2.24, 2.45) is 0 Å². The molecule has 3 rings (SSSR count). The van der Waals surface area contributed by atoms with Crippen LogP contribution in [0.15, 0.2) is 48.8 Å². The lowest BCUT2D eigenvalue weighted by molar-refractivity contribution is 0.0955. The molecular formula is C17H14ClN3O2S. The molecule has 1 amide bonds. The number of amides is 1.